The Hall–Kier alpha value is -1.63. The molecule has 0 atom stereocenters. The molecule has 0 aliphatic carbocycles. The van der Waals surface area contributed by atoms with Crippen molar-refractivity contribution < 1.29 is 21.6 Å². The van der Waals surface area contributed by atoms with Gasteiger partial charge in [-0.2, -0.15) is 31.0 Å². The lowest BCUT2D eigenvalue weighted by Gasteiger charge is -2.36. The van der Waals surface area contributed by atoms with Crippen LogP contribution in [0.5, 0.6) is 0 Å². The van der Waals surface area contributed by atoms with Gasteiger partial charge in [0.05, 0.1) is 5.02 Å². The zero-order valence-corrected chi connectivity index (χ0v) is 16.1. The van der Waals surface area contributed by atoms with Gasteiger partial charge in [-0.15, -0.1) is 0 Å². The number of hydrogen-bond donors (Lipinski definition) is 1. The fourth-order valence-corrected chi connectivity index (χ4v) is 4.20. The standard InChI is InChI=1S/C14H18ClF3N6O2S/c1-8-20-13(12-11(14(16,17)18)10(15)7-24(12)21-8)23-5-3-9(4-6-23)22(2)27(19,25)26/h7,9H,3-6H2,1-2H3,(H2,19,25,26). The summed E-state index contributed by atoms with van der Waals surface area (Å²) in [7, 11) is -2.44. The van der Waals surface area contributed by atoms with Gasteiger partial charge in [-0.05, 0) is 19.8 Å². The van der Waals surface area contributed by atoms with Gasteiger partial charge in [0.15, 0.2) is 5.82 Å². The van der Waals surface area contributed by atoms with Gasteiger partial charge in [-0.3, -0.25) is 0 Å². The Bertz CT molecular complexity index is 969. The summed E-state index contributed by atoms with van der Waals surface area (Å²) < 4.78 is 65.6. The van der Waals surface area contributed by atoms with Crippen LogP contribution in [0, 0.1) is 6.92 Å². The van der Waals surface area contributed by atoms with Gasteiger partial charge in [-0.25, -0.2) is 14.6 Å². The number of aryl methyl sites for hydroxylation is 1. The van der Waals surface area contributed by atoms with Gasteiger partial charge in [0.2, 0.25) is 0 Å². The molecule has 0 aromatic carbocycles. The lowest BCUT2D eigenvalue weighted by atomic mass is 10.1. The van der Waals surface area contributed by atoms with Gasteiger partial charge >= 0.3 is 6.18 Å². The average molecular weight is 427 g/mol. The number of halogens is 4. The number of piperidine rings is 1. The third-order valence-corrected chi connectivity index (χ3v) is 6.02. The molecule has 1 fully saturated rings. The van der Waals surface area contributed by atoms with Gasteiger partial charge in [0, 0.05) is 32.4 Å². The van der Waals surface area contributed by atoms with E-state index in [9.17, 15) is 21.6 Å². The molecular weight excluding hydrogens is 409 g/mol. The maximum atomic E-state index is 13.5. The van der Waals surface area contributed by atoms with Crippen molar-refractivity contribution in [3.8, 4) is 0 Å². The Balaban J connectivity index is 1.99. The number of anilines is 1. The predicted molar refractivity (Wildman–Crippen MR) is 93.8 cm³/mol. The summed E-state index contributed by atoms with van der Waals surface area (Å²) in [6.45, 7) is 2.21. The van der Waals surface area contributed by atoms with E-state index < -0.39 is 27.0 Å². The van der Waals surface area contributed by atoms with Gasteiger partial charge < -0.3 is 4.90 Å². The molecule has 0 spiro atoms. The highest BCUT2D eigenvalue weighted by Crippen LogP contribution is 2.41. The molecule has 2 N–H and O–H groups in total. The van der Waals surface area contributed by atoms with Crippen molar-refractivity contribution in [2.75, 3.05) is 25.0 Å². The monoisotopic (exact) mass is 426 g/mol. The molecule has 8 nitrogen and oxygen atoms in total. The van der Waals surface area contributed by atoms with Crippen molar-refractivity contribution in [2.24, 2.45) is 5.14 Å². The van der Waals surface area contributed by atoms with E-state index in [4.69, 9.17) is 16.7 Å². The minimum Gasteiger partial charge on any atom is -0.355 e. The fraction of sp³-hybridized carbons (Fsp3) is 0.571. The van der Waals surface area contributed by atoms with E-state index in [1.54, 1.807) is 11.8 Å². The normalized spacial score (nSPS) is 17.3. The van der Waals surface area contributed by atoms with E-state index in [1.807, 2.05) is 0 Å². The van der Waals surface area contributed by atoms with Crippen LogP contribution in [-0.2, 0) is 16.4 Å². The lowest BCUT2D eigenvalue weighted by molar-refractivity contribution is -0.136. The predicted octanol–water partition coefficient (Wildman–Crippen LogP) is 1.81. The van der Waals surface area contributed by atoms with E-state index in [0.29, 0.717) is 31.8 Å². The Labute approximate surface area is 158 Å². The molecule has 0 unspecified atom stereocenters. The second-order valence-electron chi connectivity index (χ2n) is 6.40. The summed E-state index contributed by atoms with van der Waals surface area (Å²) >= 11 is 5.82. The van der Waals surface area contributed by atoms with E-state index in [2.05, 4.69) is 10.1 Å². The topological polar surface area (TPSA) is 96.8 Å². The molecule has 13 heteroatoms. The number of alkyl halides is 3. The molecule has 150 valence electrons. The van der Waals surface area contributed by atoms with Crippen molar-refractivity contribution in [3.63, 3.8) is 0 Å². The molecule has 0 bridgehead atoms. The van der Waals surface area contributed by atoms with Crippen LogP contribution in [-0.4, -0.2) is 53.5 Å². The Morgan fingerprint density at radius 3 is 2.44 bits per heavy atom. The molecular formula is C14H18ClF3N6O2S. The van der Waals surface area contributed by atoms with Crippen molar-refractivity contribution in [1.29, 1.82) is 0 Å². The van der Waals surface area contributed by atoms with Crippen molar-refractivity contribution >= 4 is 33.1 Å². The summed E-state index contributed by atoms with van der Waals surface area (Å²) in [5.74, 6) is 0.417. The van der Waals surface area contributed by atoms with Crippen LogP contribution >= 0.6 is 11.6 Å². The Morgan fingerprint density at radius 2 is 1.93 bits per heavy atom. The van der Waals surface area contributed by atoms with E-state index in [0.717, 1.165) is 15.0 Å². The molecule has 2 aromatic heterocycles. The molecule has 1 aliphatic rings. The molecule has 0 amide bonds. The maximum absolute atomic E-state index is 13.5. The first-order valence-corrected chi connectivity index (χ1v) is 9.91. The Kier molecular flexibility index (Phi) is 5.04. The zero-order valence-electron chi connectivity index (χ0n) is 14.5. The molecule has 1 aliphatic heterocycles. The van der Waals surface area contributed by atoms with Crippen LogP contribution < -0.4 is 10.0 Å². The zero-order chi connectivity index (χ0) is 20.1. The summed E-state index contributed by atoms with van der Waals surface area (Å²) in [5.41, 5.74) is -1.20. The smallest absolute Gasteiger partial charge is 0.355 e. The van der Waals surface area contributed by atoms with Gasteiger partial charge in [-0.1, -0.05) is 11.6 Å². The second-order valence-corrected chi connectivity index (χ2v) is 8.42. The highest BCUT2D eigenvalue weighted by atomic mass is 35.5. The molecule has 0 radical (unpaired) electrons. The minimum atomic E-state index is -4.66. The van der Waals surface area contributed by atoms with Gasteiger partial charge in [0.25, 0.3) is 10.2 Å². The first-order valence-electron chi connectivity index (χ1n) is 8.03. The number of hydrogen-bond acceptors (Lipinski definition) is 5. The SMILES string of the molecule is Cc1nc(N2CCC(N(C)S(N)(=O)=O)CC2)c2c(C(F)(F)F)c(Cl)cn2n1. The number of aromatic nitrogens is 3. The molecule has 3 heterocycles. The molecule has 2 aromatic rings. The van der Waals surface area contributed by atoms with Crippen LogP contribution in [0.4, 0.5) is 19.0 Å². The average Bonchev–Trinajstić information content (AvgIpc) is 2.88. The summed E-state index contributed by atoms with van der Waals surface area (Å²) in [5, 5.41) is 8.68. The number of nitrogens with zero attached hydrogens (tertiary/aromatic N) is 5. The fourth-order valence-electron chi connectivity index (χ4n) is 3.28. The lowest BCUT2D eigenvalue weighted by Crippen LogP contribution is -2.48. The van der Waals surface area contributed by atoms with Crippen LogP contribution in [0.3, 0.4) is 0 Å². The van der Waals surface area contributed by atoms with Crippen molar-refractivity contribution in [1.82, 2.24) is 18.9 Å². The summed E-state index contributed by atoms with van der Waals surface area (Å²) in [6.07, 6.45) is -2.75. The third kappa shape index (κ3) is 3.84. The highest BCUT2D eigenvalue weighted by Gasteiger charge is 2.39. The quantitative estimate of drug-likeness (QED) is 0.807. The molecule has 0 saturated carbocycles. The number of rotatable bonds is 3. The van der Waals surface area contributed by atoms with E-state index in [1.165, 1.54) is 7.05 Å². The second kappa shape index (κ2) is 6.76. The van der Waals surface area contributed by atoms with Crippen LogP contribution in [0.15, 0.2) is 6.20 Å². The third-order valence-electron chi connectivity index (χ3n) is 4.64. The van der Waals surface area contributed by atoms with Crippen LogP contribution in [0.1, 0.15) is 24.2 Å². The first kappa shape index (κ1) is 20.1. The van der Waals surface area contributed by atoms with Crippen LogP contribution in [0.25, 0.3) is 5.52 Å². The van der Waals surface area contributed by atoms with Crippen molar-refractivity contribution in [2.45, 2.75) is 32.0 Å². The number of fused-ring (bicyclic) bond motifs is 1. The molecule has 27 heavy (non-hydrogen) atoms. The Morgan fingerprint density at radius 1 is 1.33 bits per heavy atom. The minimum absolute atomic E-state index is 0.124. The molecule has 3 rings (SSSR count). The maximum Gasteiger partial charge on any atom is 0.420 e. The molecule has 1 saturated heterocycles. The van der Waals surface area contributed by atoms with E-state index in [-0.39, 0.29) is 17.4 Å². The van der Waals surface area contributed by atoms with Gasteiger partial charge in [0.1, 0.15) is 16.9 Å². The summed E-state index contributed by atoms with van der Waals surface area (Å²) in [4.78, 5) is 5.89. The summed E-state index contributed by atoms with van der Waals surface area (Å²) in [6, 6.07) is -0.326. The first-order chi connectivity index (χ1) is 12.4. The van der Waals surface area contributed by atoms with Crippen LogP contribution in [0.2, 0.25) is 5.02 Å². The van der Waals surface area contributed by atoms with Crippen molar-refractivity contribution in [3.05, 3.63) is 22.6 Å². The van der Waals surface area contributed by atoms with E-state index >= 15 is 0 Å². The number of nitrogens with two attached hydrogens (primary N) is 1. The highest BCUT2D eigenvalue weighted by molar-refractivity contribution is 7.86. The largest absolute Gasteiger partial charge is 0.420 e.